The van der Waals surface area contributed by atoms with E-state index in [0.29, 0.717) is 6.04 Å². The molecule has 1 aromatic carbocycles. The molecule has 1 aromatic heterocycles. The maximum Gasteiger partial charge on any atom is 0.143 e. The van der Waals surface area contributed by atoms with E-state index in [-0.39, 0.29) is 0 Å². The van der Waals surface area contributed by atoms with Crippen LogP contribution in [0, 0.1) is 20.8 Å². The Morgan fingerprint density at radius 3 is 2.60 bits per heavy atom. The van der Waals surface area contributed by atoms with Crippen molar-refractivity contribution in [1.82, 2.24) is 15.3 Å². The van der Waals surface area contributed by atoms with Gasteiger partial charge in [0.2, 0.25) is 0 Å². The van der Waals surface area contributed by atoms with E-state index in [1.165, 1.54) is 29.5 Å². The maximum absolute atomic E-state index is 4.72. The fourth-order valence-electron chi connectivity index (χ4n) is 2.47. The zero-order valence-corrected chi connectivity index (χ0v) is 12.4. The highest BCUT2D eigenvalue weighted by Gasteiger charge is 2.20. The van der Waals surface area contributed by atoms with Crippen molar-refractivity contribution in [2.24, 2.45) is 0 Å². The van der Waals surface area contributed by atoms with Gasteiger partial charge in [-0.05, 0) is 45.2 Å². The van der Waals surface area contributed by atoms with Crippen LogP contribution in [-0.4, -0.2) is 16.0 Å². The molecule has 2 aromatic rings. The van der Waals surface area contributed by atoms with Gasteiger partial charge in [0, 0.05) is 17.3 Å². The fourth-order valence-corrected chi connectivity index (χ4v) is 2.47. The van der Waals surface area contributed by atoms with Gasteiger partial charge in [0.15, 0.2) is 0 Å². The van der Waals surface area contributed by atoms with Crippen molar-refractivity contribution in [1.29, 1.82) is 0 Å². The molecule has 104 valence electrons. The summed E-state index contributed by atoms with van der Waals surface area (Å²) < 4.78 is 0. The molecule has 0 radical (unpaired) electrons. The first kappa shape index (κ1) is 13.3. The Hall–Kier alpha value is -1.74. The molecular formula is C17H21N3. The third-order valence-corrected chi connectivity index (χ3v) is 3.68. The number of nitrogens with one attached hydrogen (secondary N) is 1. The molecule has 0 spiro atoms. The lowest BCUT2D eigenvalue weighted by Crippen LogP contribution is -2.17. The van der Waals surface area contributed by atoms with Crippen molar-refractivity contribution in [2.75, 3.05) is 0 Å². The van der Waals surface area contributed by atoms with E-state index >= 15 is 0 Å². The van der Waals surface area contributed by atoms with Crippen LogP contribution in [0.25, 0.3) is 11.3 Å². The maximum atomic E-state index is 4.72. The standard InChI is InChI=1S/C17H21N3/c1-11-4-7-15(12(2)8-11)16-9-13(3)19-17(20-16)10-18-14-5-6-14/h4,7-9,14,18H,5-6,10H2,1-3H3. The van der Waals surface area contributed by atoms with Gasteiger partial charge in [-0.15, -0.1) is 0 Å². The van der Waals surface area contributed by atoms with E-state index in [1.54, 1.807) is 0 Å². The second-order valence-electron chi connectivity index (χ2n) is 5.78. The van der Waals surface area contributed by atoms with Gasteiger partial charge >= 0.3 is 0 Å². The largest absolute Gasteiger partial charge is 0.307 e. The lowest BCUT2D eigenvalue weighted by Gasteiger charge is -2.10. The summed E-state index contributed by atoms with van der Waals surface area (Å²) in [5.41, 5.74) is 5.82. The van der Waals surface area contributed by atoms with Crippen LogP contribution in [0.3, 0.4) is 0 Å². The van der Waals surface area contributed by atoms with E-state index in [4.69, 9.17) is 4.98 Å². The molecule has 1 aliphatic carbocycles. The number of aromatic nitrogens is 2. The smallest absolute Gasteiger partial charge is 0.143 e. The van der Waals surface area contributed by atoms with Crippen LogP contribution in [0.5, 0.6) is 0 Å². The molecule has 20 heavy (non-hydrogen) atoms. The minimum atomic E-state index is 0.684. The fraction of sp³-hybridized carbons (Fsp3) is 0.412. The van der Waals surface area contributed by atoms with Crippen LogP contribution in [0.4, 0.5) is 0 Å². The van der Waals surface area contributed by atoms with Gasteiger partial charge in [0.05, 0.1) is 12.2 Å². The Morgan fingerprint density at radius 2 is 1.90 bits per heavy atom. The van der Waals surface area contributed by atoms with Gasteiger partial charge in [-0.25, -0.2) is 9.97 Å². The normalized spacial score (nSPS) is 14.6. The van der Waals surface area contributed by atoms with Crippen molar-refractivity contribution >= 4 is 0 Å². The van der Waals surface area contributed by atoms with Gasteiger partial charge in [-0.3, -0.25) is 0 Å². The van der Waals surface area contributed by atoms with Gasteiger partial charge in [-0.2, -0.15) is 0 Å². The lowest BCUT2D eigenvalue weighted by atomic mass is 10.0. The highest BCUT2D eigenvalue weighted by Crippen LogP contribution is 2.23. The Kier molecular flexibility index (Phi) is 3.53. The van der Waals surface area contributed by atoms with Gasteiger partial charge in [0.25, 0.3) is 0 Å². The van der Waals surface area contributed by atoms with Crippen LogP contribution in [-0.2, 0) is 6.54 Å². The SMILES string of the molecule is Cc1ccc(-c2cc(C)nc(CNC3CC3)n2)c(C)c1. The van der Waals surface area contributed by atoms with E-state index in [0.717, 1.165) is 23.8 Å². The molecular weight excluding hydrogens is 246 g/mol. The quantitative estimate of drug-likeness (QED) is 0.923. The first-order valence-corrected chi connectivity index (χ1v) is 7.27. The molecule has 0 atom stereocenters. The van der Waals surface area contributed by atoms with E-state index in [2.05, 4.69) is 48.4 Å². The monoisotopic (exact) mass is 267 g/mol. The van der Waals surface area contributed by atoms with Gasteiger partial charge < -0.3 is 5.32 Å². The molecule has 3 heteroatoms. The molecule has 3 rings (SSSR count). The highest BCUT2D eigenvalue weighted by molar-refractivity contribution is 5.64. The molecule has 1 N–H and O–H groups in total. The minimum Gasteiger partial charge on any atom is -0.307 e. The number of rotatable bonds is 4. The van der Waals surface area contributed by atoms with E-state index in [9.17, 15) is 0 Å². The molecule has 0 amide bonds. The molecule has 0 saturated heterocycles. The summed E-state index contributed by atoms with van der Waals surface area (Å²) in [5.74, 6) is 0.895. The van der Waals surface area contributed by atoms with Crippen LogP contribution in [0.2, 0.25) is 0 Å². The van der Waals surface area contributed by atoms with Gasteiger partial charge in [-0.1, -0.05) is 23.8 Å². The van der Waals surface area contributed by atoms with Crippen molar-refractivity contribution in [3.05, 3.63) is 46.9 Å². The highest BCUT2D eigenvalue weighted by atomic mass is 15.0. The second kappa shape index (κ2) is 5.33. The Morgan fingerprint density at radius 1 is 1.10 bits per heavy atom. The zero-order valence-electron chi connectivity index (χ0n) is 12.4. The summed E-state index contributed by atoms with van der Waals surface area (Å²) in [4.78, 5) is 9.25. The second-order valence-corrected chi connectivity index (χ2v) is 5.78. The molecule has 1 aliphatic rings. The number of hydrogen-bond acceptors (Lipinski definition) is 3. The molecule has 1 saturated carbocycles. The number of hydrogen-bond donors (Lipinski definition) is 1. The summed E-state index contributed by atoms with van der Waals surface area (Å²) in [6.07, 6.45) is 2.57. The summed E-state index contributed by atoms with van der Waals surface area (Å²) in [7, 11) is 0. The van der Waals surface area contributed by atoms with Crippen molar-refractivity contribution in [3.8, 4) is 11.3 Å². The van der Waals surface area contributed by atoms with Crippen LogP contribution in [0.15, 0.2) is 24.3 Å². The molecule has 1 heterocycles. The average Bonchev–Trinajstić information content (AvgIpc) is 3.19. The van der Waals surface area contributed by atoms with E-state index < -0.39 is 0 Å². The zero-order chi connectivity index (χ0) is 14.1. The third kappa shape index (κ3) is 3.05. The van der Waals surface area contributed by atoms with Crippen molar-refractivity contribution < 1.29 is 0 Å². The molecule has 0 aliphatic heterocycles. The van der Waals surface area contributed by atoms with Crippen LogP contribution < -0.4 is 5.32 Å². The first-order chi connectivity index (χ1) is 9.61. The Labute approximate surface area is 120 Å². The van der Waals surface area contributed by atoms with Crippen molar-refractivity contribution in [3.63, 3.8) is 0 Å². The Bertz CT molecular complexity index is 630. The van der Waals surface area contributed by atoms with Gasteiger partial charge in [0.1, 0.15) is 5.82 Å². The number of benzene rings is 1. The topological polar surface area (TPSA) is 37.8 Å². The summed E-state index contributed by atoms with van der Waals surface area (Å²) in [6.45, 7) is 7.06. The van der Waals surface area contributed by atoms with E-state index in [1.807, 2.05) is 6.92 Å². The molecule has 0 bridgehead atoms. The predicted octanol–water partition coefficient (Wildman–Crippen LogP) is 3.32. The number of nitrogens with zero attached hydrogens (tertiary/aromatic N) is 2. The first-order valence-electron chi connectivity index (χ1n) is 7.27. The predicted molar refractivity (Wildman–Crippen MR) is 81.5 cm³/mol. The minimum absolute atomic E-state index is 0.684. The Balaban J connectivity index is 1.91. The van der Waals surface area contributed by atoms with Crippen LogP contribution >= 0.6 is 0 Å². The van der Waals surface area contributed by atoms with Crippen LogP contribution in [0.1, 0.15) is 35.5 Å². The van der Waals surface area contributed by atoms with Crippen molar-refractivity contribution in [2.45, 2.75) is 46.2 Å². The molecule has 0 unspecified atom stereocenters. The summed E-state index contributed by atoms with van der Waals surface area (Å²) >= 11 is 0. The molecule has 3 nitrogen and oxygen atoms in total. The number of aryl methyl sites for hydroxylation is 3. The summed E-state index contributed by atoms with van der Waals surface area (Å²) in [6, 6.07) is 9.25. The molecule has 1 fully saturated rings. The summed E-state index contributed by atoms with van der Waals surface area (Å²) in [5, 5.41) is 3.48. The average molecular weight is 267 g/mol. The lowest BCUT2D eigenvalue weighted by molar-refractivity contribution is 0.656. The third-order valence-electron chi connectivity index (χ3n) is 3.68.